The van der Waals surface area contributed by atoms with Gasteiger partial charge in [0.2, 0.25) is 0 Å². The van der Waals surface area contributed by atoms with Gasteiger partial charge in [-0.15, -0.1) is 0 Å². The van der Waals surface area contributed by atoms with Crippen LogP contribution in [0.25, 0.3) is 0 Å². The molecule has 6 heteroatoms. The van der Waals surface area contributed by atoms with E-state index in [4.69, 9.17) is 9.84 Å². The Morgan fingerprint density at radius 1 is 1.19 bits per heavy atom. The smallest absolute Gasteiger partial charge is 0.408 e. The first-order chi connectivity index (χ1) is 9.69. The highest BCUT2D eigenvalue weighted by atomic mass is 16.6. The maximum Gasteiger partial charge on any atom is 0.408 e. The molecule has 1 aliphatic carbocycles. The van der Waals surface area contributed by atoms with Crippen LogP contribution in [0.1, 0.15) is 59.3 Å². The number of rotatable bonds is 5. The van der Waals surface area contributed by atoms with Crippen molar-refractivity contribution in [3.63, 3.8) is 0 Å². The molecule has 0 heterocycles. The molecule has 0 aliphatic heterocycles. The average molecular weight is 299 g/mol. The van der Waals surface area contributed by atoms with Gasteiger partial charge in [0.1, 0.15) is 12.0 Å². The van der Waals surface area contributed by atoms with E-state index in [1.54, 1.807) is 20.8 Å². The van der Waals surface area contributed by atoms with Gasteiger partial charge in [0.15, 0.2) is 5.78 Å². The number of hydrogen-bond donors (Lipinski definition) is 2. The molecule has 120 valence electrons. The lowest BCUT2D eigenvalue weighted by molar-refractivity contribution is -0.141. The second-order valence-corrected chi connectivity index (χ2v) is 6.56. The Labute approximate surface area is 125 Å². The number of carboxylic acid groups (broad SMARTS) is 1. The topological polar surface area (TPSA) is 92.7 Å². The van der Waals surface area contributed by atoms with Crippen LogP contribution in [0.3, 0.4) is 0 Å². The molecule has 1 rings (SSSR count). The van der Waals surface area contributed by atoms with Gasteiger partial charge >= 0.3 is 12.1 Å². The highest BCUT2D eigenvalue weighted by Gasteiger charge is 2.32. The highest BCUT2D eigenvalue weighted by molar-refractivity contribution is 5.99. The van der Waals surface area contributed by atoms with Gasteiger partial charge in [0.05, 0.1) is 6.04 Å². The number of ketones is 1. The van der Waals surface area contributed by atoms with Gasteiger partial charge in [0, 0.05) is 0 Å². The standard InChI is InChI=1S/C15H25NO5/c1-15(2,3)21-14(20)16-13(11(17)9-12(18)19)10-7-5-4-6-8-10/h10,13H,4-9H2,1-3H3,(H,16,20)(H,18,19)/t13-/m0/s1. The Balaban J connectivity index is 2.73. The lowest BCUT2D eigenvalue weighted by Crippen LogP contribution is -2.48. The molecule has 0 aromatic carbocycles. The summed E-state index contributed by atoms with van der Waals surface area (Å²) in [5.74, 6) is -1.63. The van der Waals surface area contributed by atoms with Crippen molar-refractivity contribution in [1.29, 1.82) is 0 Å². The molecule has 0 saturated heterocycles. The van der Waals surface area contributed by atoms with Crippen LogP contribution in [0.5, 0.6) is 0 Å². The normalized spacial score (nSPS) is 17.9. The van der Waals surface area contributed by atoms with Crippen molar-refractivity contribution in [3.05, 3.63) is 0 Å². The Morgan fingerprint density at radius 2 is 1.76 bits per heavy atom. The number of alkyl carbamates (subject to hydrolysis) is 1. The molecule has 1 amide bonds. The minimum Gasteiger partial charge on any atom is -0.481 e. The van der Waals surface area contributed by atoms with Gasteiger partial charge < -0.3 is 15.2 Å². The average Bonchev–Trinajstić information content (AvgIpc) is 2.34. The van der Waals surface area contributed by atoms with Crippen LogP contribution in [-0.4, -0.2) is 34.6 Å². The minimum atomic E-state index is -1.17. The largest absolute Gasteiger partial charge is 0.481 e. The molecular weight excluding hydrogens is 274 g/mol. The number of hydrogen-bond acceptors (Lipinski definition) is 4. The van der Waals surface area contributed by atoms with Gasteiger partial charge in [-0.3, -0.25) is 9.59 Å². The second kappa shape index (κ2) is 7.43. The monoisotopic (exact) mass is 299 g/mol. The van der Waals surface area contributed by atoms with Crippen LogP contribution in [0, 0.1) is 5.92 Å². The first kappa shape index (κ1) is 17.5. The van der Waals surface area contributed by atoms with Crippen molar-refractivity contribution in [1.82, 2.24) is 5.32 Å². The maximum absolute atomic E-state index is 12.1. The Hall–Kier alpha value is -1.59. The summed E-state index contributed by atoms with van der Waals surface area (Å²) in [5.41, 5.74) is -0.656. The van der Waals surface area contributed by atoms with Gasteiger partial charge in [-0.25, -0.2) is 4.79 Å². The molecule has 1 fully saturated rings. The van der Waals surface area contributed by atoms with Crippen molar-refractivity contribution >= 4 is 17.8 Å². The summed E-state index contributed by atoms with van der Waals surface area (Å²) in [4.78, 5) is 34.7. The van der Waals surface area contributed by atoms with E-state index in [9.17, 15) is 14.4 Å². The van der Waals surface area contributed by atoms with Crippen LogP contribution in [-0.2, 0) is 14.3 Å². The fourth-order valence-corrected chi connectivity index (χ4v) is 2.62. The molecule has 6 nitrogen and oxygen atoms in total. The molecule has 2 N–H and O–H groups in total. The summed E-state index contributed by atoms with van der Waals surface area (Å²) in [5, 5.41) is 11.4. The summed E-state index contributed by atoms with van der Waals surface area (Å²) >= 11 is 0. The quantitative estimate of drug-likeness (QED) is 0.761. The van der Waals surface area contributed by atoms with E-state index < -0.39 is 35.9 Å². The maximum atomic E-state index is 12.1. The van der Waals surface area contributed by atoms with Crippen LogP contribution in [0.2, 0.25) is 0 Å². The van der Waals surface area contributed by atoms with Gasteiger partial charge in [-0.1, -0.05) is 19.3 Å². The zero-order valence-corrected chi connectivity index (χ0v) is 13.0. The molecule has 0 aromatic heterocycles. The molecule has 0 aromatic rings. The van der Waals surface area contributed by atoms with E-state index in [-0.39, 0.29) is 5.92 Å². The lowest BCUT2D eigenvalue weighted by Gasteiger charge is -2.30. The molecule has 1 atom stereocenters. The van der Waals surface area contributed by atoms with Crippen molar-refractivity contribution in [2.75, 3.05) is 0 Å². The third-order valence-electron chi connectivity index (χ3n) is 3.47. The molecule has 0 unspecified atom stereocenters. The summed E-state index contributed by atoms with van der Waals surface area (Å²) in [6.07, 6.45) is 3.52. The predicted molar refractivity (Wildman–Crippen MR) is 77.0 cm³/mol. The van der Waals surface area contributed by atoms with Crippen LogP contribution in [0.4, 0.5) is 4.79 Å². The number of carboxylic acids is 1. The number of ether oxygens (including phenoxy) is 1. The summed E-state index contributed by atoms with van der Waals surface area (Å²) in [6, 6.07) is -0.767. The second-order valence-electron chi connectivity index (χ2n) is 6.56. The number of nitrogens with one attached hydrogen (secondary N) is 1. The number of carbonyl (C=O) groups excluding carboxylic acids is 2. The summed E-state index contributed by atoms with van der Waals surface area (Å²) < 4.78 is 5.16. The molecule has 1 aliphatic rings. The van der Waals surface area contributed by atoms with Crippen molar-refractivity contribution < 1.29 is 24.2 Å². The van der Waals surface area contributed by atoms with Crippen LogP contribution in [0.15, 0.2) is 0 Å². The van der Waals surface area contributed by atoms with Gasteiger partial charge in [-0.2, -0.15) is 0 Å². The number of amides is 1. The predicted octanol–water partition coefficient (Wildman–Crippen LogP) is 2.50. The van der Waals surface area contributed by atoms with E-state index >= 15 is 0 Å². The number of Topliss-reactive ketones (excluding diaryl/α,β-unsaturated/α-hetero) is 1. The first-order valence-electron chi connectivity index (χ1n) is 7.43. The molecule has 0 radical (unpaired) electrons. The summed E-state index contributed by atoms with van der Waals surface area (Å²) in [7, 11) is 0. The fourth-order valence-electron chi connectivity index (χ4n) is 2.62. The highest BCUT2D eigenvalue weighted by Crippen LogP contribution is 2.27. The SMILES string of the molecule is CC(C)(C)OC(=O)N[C@H](C(=O)CC(=O)O)C1CCCCC1. The first-order valence-corrected chi connectivity index (χ1v) is 7.43. The Morgan fingerprint density at radius 3 is 2.24 bits per heavy atom. The van der Waals surface area contributed by atoms with Crippen molar-refractivity contribution in [3.8, 4) is 0 Å². The summed E-state index contributed by atoms with van der Waals surface area (Å²) in [6.45, 7) is 5.21. The van der Waals surface area contributed by atoms with E-state index in [1.807, 2.05) is 0 Å². The third kappa shape index (κ3) is 6.60. The molecule has 0 bridgehead atoms. The number of carbonyl (C=O) groups is 3. The molecule has 1 saturated carbocycles. The van der Waals surface area contributed by atoms with E-state index in [1.165, 1.54) is 0 Å². The van der Waals surface area contributed by atoms with Crippen LogP contribution < -0.4 is 5.32 Å². The van der Waals surface area contributed by atoms with E-state index in [0.717, 1.165) is 32.1 Å². The Kier molecular flexibility index (Phi) is 6.18. The zero-order chi connectivity index (χ0) is 16.0. The number of aliphatic carboxylic acids is 1. The minimum absolute atomic E-state index is 0.00174. The Bertz CT molecular complexity index is 393. The van der Waals surface area contributed by atoms with E-state index in [0.29, 0.717) is 0 Å². The van der Waals surface area contributed by atoms with Crippen molar-refractivity contribution in [2.24, 2.45) is 5.92 Å². The lowest BCUT2D eigenvalue weighted by atomic mass is 9.82. The van der Waals surface area contributed by atoms with Gasteiger partial charge in [-0.05, 0) is 39.5 Å². The molecular formula is C15H25NO5. The molecule has 21 heavy (non-hydrogen) atoms. The third-order valence-corrected chi connectivity index (χ3v) is 3.47. The molecule has 0 spiro atoms. The van der Waals surface area contributed by atoms with Crippen molar-refractivity contribution in [2.45, 2.75) is 70.9 Å². The fraction of sp³-hybridized carbons (Fsp3) is 0.800. The van der Waals surface area contributed by atoms with Gasteiger partial charge in [0.25, 0.3) is 0 Å². The van der Waals surface area contributed by atoms with Crippen LogP contribution >= 0.6 is 0 Å². The zero-order valence-electron chi connectivity index (χ0n) is 13.0. The van der Waals surface area contributed by atoms with E-state index in [2.05, 4.69) is 5.32 Å².